The number of nitrogens with two attached hydrogens (primary N) is 1. The van der Waals surface area contributed by atoms with E-state index in [0.717, 1.165) is 0 Å². The third-order valence-electron chi connectivity index (χ3n) is 4.14. The summed E-state index contributed by atoms with van der Waals surface area (Å²) >= 11 is 1.47. The molecule has 3 atom stereocenters. The van der Waals surface area contributed by atoms with Gasteiger partial charge < -0.3 is 20.7 Å². The van der Waals surface area contributed by atoms with E-state index >= 15 is 0 Å². The van der Waals surface area contributed by atoms with Gasteiger partial charge in [-0.2, -0.15) is 0 Å². The van der Waals surface area contributed by atoms with E-state index < -0.39 is 22.7 Å². The highest BCUT2D eigenvalue weighted by Crippen LogP contribution is 2.50. The summed E-state index contributed by atoms with van der Waals surface area (Å²) in [6, 6.07) is 7.65. The first kappa shape index (κ1) is 16.6. The Hall–Kier alpha value is -2.22. The van der Waals surface area contributed by atoms with Crippen LogP contribution in [0.1, 0.15) is 13.8 Å². The van der Waals surface area contributed by atoms with Crippen molar-refractivity contribution in [2.45, 2.75) is 36.1 Å². The Balaban J connectivity index is 1.59. The molecule has 0 radical (unpaired) electrons. The summed E-state index contributed by atoms with van der Waals surface area (Å²) in [5.74, 6) is -0.604. The molecule has 3 N–H and O–H groups in total. The number of para-hydroxylation sites is 1. The number of benzene rings is 1. The Morgan fingerprint density at radius 1 is 1.33 bits per heavy atom. The van der Waals surface area contributed by atoms with Crippen LogP contribution in [0.5, 0.6) is 5.75 Å². The monoisotopic (exact) mass is 349 g/mol. The quantitative estimate of drug-likeness (QED) is 0.734. The van der Waals surface area contributed by atoms with E-state index in [1.54, 1.807) is 12.1 Å². The molecule has 2 aliphatic heterocycles. The molecule has 1 aromatic carbocycles. The molecule has 2 fully saturated rings. The summed E-state index contributed by atoms with van der Waals surface area (Å²) in [6.45, 7) is 3.57. The third kappa shape index (κ3) is 2.82. The normalized spacial score (nSPS) is 27.2. The maximum atomic E-state index is 12.3. The van der Waals surface area contributed by atoms with Crippen molar-refractivity contribution >= 4 is 29.5 Å². The fourth-order valence-corrected chi connectivity index (χ4v) is 4.73. The zero-order valence-electron chi connectivity index (χ0n) is 13.4. The van der Waals surface area contributed by atoms with Crippen LogP contribution in [0, 0.1) is 0 Å². The van der Waals surface area contributed by atoms with Crippen LogP contribution in [0.25, 0.3) is 0 Å². The molecule has 0 aromatic heterocycles. The van der Waals surface area contributed by atoms with Gasteiger partial charge in [0.15, 0.2) is 6.61 Å². The predicted molar refractivity (Wildman–Crippen MR) is 89.2 cm³/mol. The first-order valence-corrected chi connectivity index (χ1v) is 8.46. The van der Waals surface area contributed by atoms with Crippen molar-refractivity contribution in [2.75, 3.05) is 6.61 Å². The van der Waals surface area contributed by atoms with Gasteiger partial charge in [-0.25, -0.2) is 0 Å². The van der Waals surface area contributed by atoms with Crippen molar-refractivity contribution in [2.24, 2.45) is 5.73 Å². The van der Waals surface area contributed by atoms with Gasteiger partial charge in [-0.1, -0.05) is 18.2 Å². The number of carbonyl (C=O) groups is 3. The summed E-state index contributed by atoms with van der Waals surface area (Å²) in [4.78, 5) is 37.4. The average molecular weight is 349 g/mol. The van der Waals surface area contributed by atoms with E-state index in [0.29, 0.717) is 5.75 Å². The number of nitrogens with one attached hydrogen (secondary N) is 1. The molecule has 0 spiro atoms. The van der Waals surface area contributed by atoms with Gasteiger partial charge in [-0.15, -0.1) is 11.8 Å². The minimum Gasteiger partial charge on any atom is -0.484 e. The number of hydrogen-bond donors (Lipinski definition) is 2. The van der Waals surface area contributed by atoms with E-state index in [1.165, 1.54) is 16.7 Å². The second-order valence-corrected chi connectivity index (χ2v) is 8.08. The molecule has 8 heteroatoms. The molecule has 2 saturated heterocycles. The van der Waals surface area contributed by atoms with Gasteiger partial charge in [0.1, 0.15) is 23.2 Å². The molecule has 128 valence electrons. The van der Waals surface area contributed by atoms with Gasteiger partial charge in [0, 0.05) is 4.75 Å². The maximum absolute atomic E-state index is 12.3. The molecule has 7 nitrogen and oxygen atoms in total. The van der Waals surface area contributed by atoms with E-state index in [2.05, 4.69) is 5.32 Å². The molecular weight excluding hydrogens is 330 g/mol. The lowest BCUT2D eigenvalue weighted by Crippen LogP contribution is -2.71. The number of carbonyl (C=O) groups excluding carboxylic acids is 3. The van der Waals surface area contributed by atoms with Crippen molar-refractivity contribution < 1.29 is 19.1 Å². The maximum Gasteiger partial charge on any atom is 0.258 e. The molecule has 3 rings (SSSR count). The number of hydrogen-bond acceptors (Lipinski definition) is 5. The van der Waals surface area contributed by atoms with Gasteiger partial charge in [0.25, 0.3) is 5.91 Å². The second kappa shape index (κ2) is 6.01. The molecule has 0 bridgehead atoms. The minimum atomic E-state index is -0.659. The largest absolute Gasteiger partial charge is 0.484 e. The fourth-order valence-electron chi connectivity index (χ4n) is 3.09. The molecule has 2 heterocycles. The highest BCUT2D eigenvalue weighted by Gasteiger charge is 2.63. The predicted octanol–water partition coefficient (Wildman–Crippen LogP) is 0.0978. The highest BCUT2D eigenvalue weighted by molar-refractivity contribution is 8.01. The van der Waals surface area contributed by atoms with Gasteiger partial charge in [-0.05, 0) is 26.0 Å². The minimum absolute atomic E-state index is 0.173. The summed E-state index contributed by atoms with van der Waals surface area (Å²) < 4.78 is 4.89. The lowest BCUT2D eigenvalue weighted by atomic mass is 9.95. The highest BCUT2D eigenvalue weighted by atomic mass is 32.2. The van der Waals surface area contributed by atoms with Crippen LogP contribution in [0.4, 0.5) is 0 Å². The SMILES string of the molecule is CC1(C)S[C@@H]2C(NC(=O)COc3ccccc3)C(=O)N2C1C(N)=O. The second-order valence-electron chi connectivity index (χ2n) is 6.31. The number of ether oxygens (including phenoxy) is 1. The summed E-state index contributed by atoms with van der Waals surface area (Å²) in [5, 5.41) is 2.40. The lowest BCUT2D eigenvalue weighted by molar-refractivity contribution is -0.154. The molecular formula is C16H19N3O4S. The van der Waals surface area contributed by atoms with Gasteiger partial charge >= 0.3 is 0 Å². The van der Waals surface area contributed by atoms with Crippen molar-refractivity contribution in [1.29, 1.82) is 0 Å². The van der Waals surface area contributed by atoms with Crippen molar-refractivity contribution in [3.8, 4) is 5.75 Å². The average Bonchev–Trinajstić information content (AvgIpc) is 2.80. The Labute approximate surface area is 143 Å². The number of fused-ring (bicyclic) bond motifs is 1. The lowest BCUT2D eigenvalue weighted by Gasteiger charge is -2.43. The van der Waals surface area contributed by atoms with E-state index in [4.69, 9.17) is 10.5 Å². The Morgan fingerprint density at radius 3 is 2.62 bits per heavy atom. The molecule has 0 saturated carbocycles. The van der Waals surface area contributed by atoms with Crippen molar-refractivity contribution in [1.82, 2.24) is 10.2 Å². The van der Waals surface area contributed by atoms with Gasteiger partial charge in [0.2, 0.25) is 11.8 Å². The number of amides is 3. The number of thioether (sulfide) groups is 1. The van der Waals surface area contributed by atoms with Crippen molar-refractivity contribution in [3.63, 3.8) is 0 Å². The van der Waals surface area contributed by atoms with Gasteiger partial charge in [0.05, 0.1) is 0 Å². The first-order valence-electron chi connectivity index (χ1n) is 7.58. The topological polar surface area (TPSA) is 102 Å². The molecule has 2 aliphatic rings. The van der Waals surface area contributed by atoms with Crippen molar-refractivity contribution in [3.05, 3.63) is 30.3 Å². The number of primary amides is 1. The Bertz CT molecular complexity index is 679. The van der Waals surface area contributed by atoms with E-state index in [-0.39, 0.29) is 23.8 Å². The molecule has 3 amide bonds. The summed E-state index contributed by atoms with van der Waals surface area (Å²) in [5.41, 5.74) is 5.43. The zero-order chi connectivity index (χ0) is 17.5. The van der Waals surface area contributed by atoms with E-state index in [1.807, 2.05) is 32.0 Å². The fraction of sp³-hybridized carbons (Fsp3) is 0.438. The third-order valence-corrected chi connectivity index (χ3v) is 5.71. The summed E-state index contributed by atoms with van der Waals surface area (Å²) in [7, 11) is 0. The molecule has 2 unspecified atom stereocenters. The number of β-lactam (4-membered cyclic amide) rings is 1. The van der Waals surface area contributed by atoms with Crippen LogP contribution < -0.4 is 15.8 Å². The molecule has 1 aromatic rings. The van der Waals surface area contributed by atoms with Crippen LogP contribution in [0.2, 0.25) is 0 Å². The number of rotatable bonds is 5. The summed E-state index contributed by atoms with van der Waals surface area (Å²) in [6.07, 6.45) is 0. The van der Waals surface area contributed by atoms with Crippen LogP contribution in [0.3, 0.4) is 0 Å². The van der Waals surface area contributed by atoms with Gasteiger partial charge in [-0.3, -0.25) is 14.4 Å². The zero-order valence-corrected chi connectivity index (χ0v) is 14.2. The van der Waals surface area contributed by atoms with Crippen LogP contribution in [-0.2, 0) is 14.4 Å². The Morgan fingerprint density at radius 2 is 2.00 bits per heavy atom. The molecule has 0 aliphatic carbocycles. The van der Waals surface area contributed by atoms with Crippen LogP contribution in [-0.4, -0.2) is 51.4 Å². The first-order chi connectivity index (χ1) is 11.3. The smallest absolute Gasteiger partial charge is 0.258 e. The molecule has 24 heavy (non-hydrogen) atoms. The van der Waals surface area contributed by atoms with Crippen LogP contribution >= 0.6 is 11.8 Å². The van der Waals surface area contributed by atoms with Crippen LogP contribution in [0.15, 0.2) is 30.3 Å². The standard InChI is InChI=1S/C16H19N3O4S/c1-16(2)12(13(17)21)19-14(22)11(15(19)24-16)18-10(20)8-23-9-6-4-3-5-7-9/h3-7,11-12,15H,8H2,1-2H3,(H2,17,21)(H,18,20)/t11?,12?,15-/m1/s1. The Kier molecular flexibility index (Phi) is 4.16. The number of nitrogens with zero attached hydrogens (tertiary/aromatic N) is 1. The van der Waals surface area contributed by atoms with E-state index in [9.17, 15) is 14.4 Å².